The molecule has 3 nitrogen and oxygen atoms in total. The molecule has 0 atom stereocenters. The Balaban J connectivity index is 2.56. The first kappa shape index (κ1) is 12.5. The summed E-state index contributed by atoms with van der Waals surface area (Å²) >= 11 is 0. The van der Waals surface area contributed by atoms with E-state index in [4.69, 9.17) is 0 Å². The van der Waals surface area contributed by atoms with E-state index < -0.39 is 0 Å². The van der Waals surface area contributed by atoms with Gasteiger partial charge in [0.25, 0.3) is 0 Å². The Hall–Kier alpha value is -0.570. The molecular formula is C12H24N2O. The third-order valence-corrected chi connectivity index (χ3v) is 3.63. The van der Waals surface area contributed by atoms with Crippen LogP contribution in [0.1, 0.15) is 33.1 Å². The van der Waals surface area contributed by atoms with Gasteiger partial charge in [-0.15, -0.1) is 0 Å². The van der Waals surface area contributed by atoms with Gasteiger partial charge in [0.05, 0.1) is 0 Å². The lowest BCUT2D eigenvalue weighted by Crippen LogP contribution is -2.57. The molecule has 1 rings (SSSR count). The number of amides is 1. The highest BCUT2D eigenvalue weighted by molar-refractivity contribution is 5.77. The second-order valence-corrected chi connectivity index (χ2v) is 5.32. The van der Waals surface area contributed by atoms with Gasteiger partial charge in [-0.2, -0.15) is 0 Å². The van der Waals surface area contributed by atoms with Crippen molar-refractivity contribution in [2.75, 3.05) is 27.7 Å². The average Bonchev–Trinajstić information content (AvgIpc) is 2.08. The molecule has 0 heterocycles. The summed E-state index contributed by atoms with van der Waals surface area (Å²) in [5.41, 5.74) is 0.249. The molecule has 15 heavy (non-hydrogen) atoms. The third-order valence-electron chi connectivity index (χ3n) is 3.63. The van der Waals surface area contributed by atoms with Crippen molar-refractivity contribution in [3.63, 3.8) is 0 Å². The van der Waals surface area contributed by atoms with E-state index in [0.717, 1.165) is 6.54 Å². The van der Waals surface area contributed by atoms with E-state index in [2.05, 4.69) is 19.0 Å². The maximum atomic E-state index is 11.8. The van der Waals surface area contributed by atoms with Crippen molar-refractivity contribution >= 4 is 5.91 Å². The van der Waals surface area contributed by atoms with E-state index in [1.807, 2.05) is 25.8 Å². The first-order valence-electron chi connectivity index (χ1n) is 5.81. The Labute approximate surface area is 93.4 Å². The Morgan fingerprint density at radius 1 is 1.27 bits per heavy atom. The first-order valence-corrected chi connectivity index (χ1v) is 5.81. The molecule has 0 aromatic carbocycles. The van der Waals surface area contributed by atoms with Gasteiger partial charge in [-0.3, -0.25) is 4.79 Å². The minimum Gasteiger partial charge on any atom is -0.344 e. The van der Waals surface area contributed by atoms with Gasteiger partial charge >= 0.3 is 0 Å². The highest BCUT2D eigenvalue weighted by Crippen LogP contribution is 2.36. The fourth-order valence-corrected chi connectivity index (χ4v) is 2.29. The van der Waals surface area contributed by atoms with Crippen LogP contribution in [-0.4, -0.2) is 48.9 Å². The fraction of sp³-hybridized carbons (Fsp3) is 0.917. The predicted octanol–water partition coefficient (Wildman–Crippen LogP) is 1.59. The average molecular weight is 212 g/mol. The van der Waals surface area contributed by atoms with Crippen molar-refractivity contribution in [2.45, 2.75) is 38.6 Å². The van der Waals surface area contributed by atoms with Crippen LogP contribution in [-0.2, 0) is 4.79 Å². The Morgan fingerprint density at radius 2 is 1.80 bits per heavy atom. The Kier molecular flexibility index (Phi) is 3.77. The minimum absolute atomic E-state index is 0.106. The molecule has 0 unspecified atom stereocenters. The summed E-state index contributed by atoms with van der Waals surface area (Å²) in [6, 6.07) is 0. The molecule has 0 spiro atoms. The van der Waals surface area contributed by atoms with Crippen LogP contribution in [0, 0.1) is 5.92 Å². The van der Waals surface area contributed by atoms with Gasteiger partial charge < -0.3 is 9.80 Å². The van der Waals surface area contributed by atoms with Gasteiger partial charge in [0.1, 0.15) is 0 Å². The zero-order valence-corrected chi connectivity index (χ0v) is 10.7. The van der Waals surface area contributed by atoms with E-state index in [-0.39, 0.29) is 17.4 Å². The molecule has 1 aliphatic carbocycles. The zero-order chi connectivity index (χ0) is 11.6. The van der Waals surface area contributed by atoms with Gasteiger partial charge in [-0.25, -0.2) is 0 Å². The lowest BCUT2D eigenvalue weighted by Gasteiger charge is -2.49. The van der Waals surface area contributed by atoms with Crippen LogP contribution in [0.5, 0.6) is 0 Å². The van der Waals surface area contributed by atoms with Crippen LogP contribution in [0.3, 0.4) is 0 Å². The number of carbonyl (C=O) groups is 1. The van der Waals surface area contributed by atoms with Crippen molar-refractivity contribution < 1.29 is 4.79 Å². The normalized spacial score (nSPS) is 19.1. The standard InChI is InChI=1S/C12H24N2O/c1-10(2)11(15)14(5)9-12(13(3)4)7-6-8-12/h10H,6-9H2,1-5H3. The first-order chi connectivity index (χ1) is 6.89. The van der Waals surface area contributed by atoms with Crippen LogP contribution in [0.2, 0.25) is 0 Å². The minimum atomic E-state index is 0.106. The van der Waals surface area contributed by atoms with Crippen LogP contribution in [0.4, 0.5) is 0 Å². The van der Waals surface area contributed by atoms with Gasteiger partial charge in [0.15, 0.2) is 0 Å². The van der Waals surface area contributed by atoms with Crippen LogP contribution < -0.4 is 0 Å². The number of hydrogen-bond acceptors (Lipinski definition) is 2. The highest BCUT2D eigenvalue weighted by Gasteiger charge is 2.40. The number of rotatable bonds is 4. The Bertz CT molecular complexity index is 232. The van der Waals surface area contributed by atoms with Gasteiger partial charge in [0, 0.05) is 25.0 Å². The van der Waals surface area contributed by atoms with Crippen molar-refractivity contribution in [1.82, 2.24) is 9.80 Å². The van der Waals surface area contributed by atoms with E-state index in [1.165, 1.54) is 19.3 Å². The number of hydrogen-bond donors (Lipinski definition) is 0. The predicted molar refractivity (Wildman–Crippen MR) is 62.7 cm³/mol. The van der Waals surface area contributed by atoms with Gasteiger partial charge in [-0.05, 0) is 33.4 Å². The number of nitrogens with zero attached hydrogens (tertiary/aromatic N) is 2. The molecular weight excluding hydrogens is 188 g/mol. The molecule has 88 valence electrons. The molecule has 1 aliphatic rings. The molecule has 0 bridgehead atoms. The molecule has 0 N–H and O–H groups in total. The SMILES string of the molecule is CC(C)C(=O)N(C)CC1(N(C)C)CCC1. The maximum absolute atomic E-state index is 11.8. The molecule has 1 amide bonds. The largest absolute Gasteiger partial charge is 0.344 e. The molecule has 3 heteroatoms. The van der Waals surface area contributed by atoms with Crippen LogP contribution in [0.25, 0.3) is 0 Å². The summed E-state index contributed by atoms with van der Waals surface area (Å²) in [6.45, 7) is 4.79. The molecule has 0 aliphatic heterocycles. The summed E-state index contributed by atoms with van der Waals surface area (Å²) in [6.07, 6.45) is 3.73. The fourth-order valence-electron chi connectivity index (χ4n) is 2.29. The molecule has 0 saturated heterocycles. The molecule has 0 aromatic rings. The molecule has 1 saturated carbocycles. The lowest BCUT2D eigenvalue weighted by molar-refractivity contribution is -0.135. The van der Waals surface area contributed by atoms with Crippen LogP contribution in [0.15, 0.2) is 0 Å². The van der Waals surface area contributed by atoms with Crippen molar-refractivity contribution in [3.8, 4) is 0 Å². The second kappa shape index (κ2) is 4.52. The van der Waals surface area contributed by atoms with Gasteiger partial charge in [-0.1, -0.05) is 13.8 Å². The van der Waals surface area contributed by atoms with E-state index >= 15 is 0 Å². The third kappa shape index (κ3) is 2.51. The number of likely N-dealkylation sites (N-methyl/N-ethyl adjacent to an activating group) is 2. The summed E-state index contributed by atoms with van der Waals surface area (Å²) in [5, 5.41) is 0. The zero-order valence-electron chi connectivity index (χ0n) is 10.7. The smallest absolute Gasteiger partial charge is 0.224 e. The monoisotopic (exact) mass is 212 g/mol. The summed E-state index contributed by atoms with van der Waals surface area (Å²) in [4.78, 5) is 16.0. The number of carbonyl (C=O) groups excluding carboxylic acids is 1. The Morgan fingerprint density at radius 3 is 2.07 bits per heavy atom. The maximum Gasteiger partial charge on any atom is 0.224 e. The van der Waals surface area contributed by atoms with Crippen molar-refractivity contribution in [2.24, 2.45) is 5.92 Å². The molecule has 1 fully saturated rings. The summed E-state index contributed by atoms with van der Waals surface area (Å²) < 4.78 is 0. The second-order valence-electron chi connectivity index (χ2n) is 5.32. The topological polar surface area (TPSA) is 23.6 Å². The highest BCUT2D eigenvalue weighted by atomic mass is 16.2. The molecule has 0 aromatic heterocycles. The van der Waals surface area contributed by atoms with Crippen molar-refractivity contribution in [1.29, 1.82) is 0 Å². The van der Waals surface area contributed by atoms with Gasteiger partial charge in [0.2, 0.25) is 5.91 Å². The summed E-state index contributed by atoms with van der Waals surface area (Å²) in [7, 11) is 6.16. The quantitative estimate of drug-likeness (QED) is 0.706. The van der Waals surface area contributed by atoms with E-state index in [9.17, 15) is 4.79 Å². The lowest BCUT2D eigenvalue weighted by atomic mass is 9.75. The van der Waals surface area contributed by atoms with E-state index in [0.29, 0.717) is 0 Å². The van der Waals surface area contributed by atoms with E-state index in [1.54, 1.807) is 0 Å². The summed E-state index contributed by atoms with van der Waals surface area (Å²) in [5.74, 6) is 0.359. The molecule has 0 radical (unpaired) electrons. The van der Waals surface area contributed by atoms with Crippen molar-refractivity contribution in [3.05, 3.63) is 0 Å². The van der Waals surface area contributed by atoms with Crippen LogP contribution >= 0.6 is 0 Å².